The van der Waals surface area contributed by atoms with Crippen molar-refractivity contribution < 1.29 is 14.3 Å². The van der Waals surface area contributed by atoms with E-state index in [4.69, 9.17) is 10.8 Å². The summed E-state index contributed by atoms with van der Waals surface area (Å²) in [7, 11) is 0. The Hall–Kier alpha value is -1.42. The Kier molecular flexibility index (Phi) is 3.65. The maximum Gasteiger partial charge on any atom is 0.321 e. The monoisotopic (exact) mass is 225 g/mol. The molecule has 1 aromatic carbocycles. The van der Waals surface area contributed by atoms with E-state index in [1.54, 1.807) is 26.8 Å². The fourth-order valence-corrected chi connectivity index (χ4v) is 1.71. The van der Waals surface area contributed by atoms with Crippen LogP contribution < -0.4 is 5.73 Å². The Labute approximate surface area is 94.1 Å². The molecule has 0 aliphatic rings. The van der Waals surface area contributed by atoms with Gasteiger partial charge in [-0.15, -0.1) is 0 Å². The van der Waals surface area contributed by atoms with E-state index in [0.29, 0.717) is 5.56 Å². The van der Waals surface area contributed by atoms with Gasteiger partial charge in [-0.05, 0) is 36.6 Å². The molecule has 0 radical (unpaired) electrons. The van der Waals surface area contributed by atoms with Gasteiger partial charge in [0.05, 0.1) is 0 Å². The van der Waals surface area contributed by atoms with Crippen LogP contribution in [-0.4, -0.2) is 17.1 Å². The van der Waals surface area contributed by atoms with Gasteiger partial charge in [-0.2, -0.15) is 0 Å². The maximum atomic E-state index is 13.2. The lowest BCUT2D eigenvalue weighted by Gasteiger charge is -2.19. The highest BCUT2D eigenvalue weighted by Gasteiger charge is 2.23. The number of carboxylic acids is 1. The molecule has 0 saturated heterocycles. The van der Waals surface area contributed by atoms with E-state index in [1.165, 1.54) is 6.07 Å². The second-order valence-corrected chi connectivity index (χ2v) is 4.04. The van der Waals surface area contributed by atoms with Crippen LogP contribution >= 0.6 is 0 Å². The van der Waals surface area contributed by atoms with E-state index in [0.717, 1.165) is 11.1 Å². The lowest BCUT2D eigenvalue weighted by atomic mass is 9.88. The van der Waals surface area contributed by atoms with E-state index in [2.05, 4.69) is 0 Å². The summed E-state index contributed by atoms with van der Waals surface area (Å²) in [5.41, 5.74) is 7.65. The average Bonchev–Trinajstić information content (AvgIpc) is 2.24. The number of aliphatic carboxylic acids is 1. The number of rotatable bonds is 3. The third kappa shape index (κ3) is 2.22. The fraction of sp³-hybridized carbons (Fsp3) is 0.417. The molecule has 0 unspecified atom stereocenters. The molecular weight excluding hydrogens is 209 g/mol. The second-order valence-electron chi connectivity index (χ2n) is 4.04. The third-order valence-corrected chi connectivity index (χ3v) is 3.08. The van der Waals surface area contributed by atoms with Crippen molar-refractivity contribution in [1.82, 2.24) is 0 Å². The summed E-state index contributed by atoms with van der Waals surface area (Å²) in [6.07, 6.45) is 0. The normalized spacial score (nSPS) is 14.6. The number of carboxylic acid groups (broad SMARTS) is 1. The summed E-state index contributed by atoms with van der Waals surface area (Å²) in [5.74, 6) is -1.66. The molecule has 0 fully saturated rings. The van der Waals surface area contributed by atoms with E-state index in [9.17, 15) is 9.18 Å². The standard InChI is InChI=1S/C12H16FNO2/c1-6-7(2)10(13)5-4-9(6)8(3)11(14)12(15)16/h4-5,8,11H,14H2,1-3H3,(H,15,16)/t8-,11+/m1/s1. The average molecular weight is 225 g/mol. The van der Waals surface area contributed by atoms with Gasteiger partial charge in [0.25, 0.3) is 0 Å². The van der Waals surface area contributed by atoms with Gasteiger partial charge in [-0.25, -0.2) is 4.39 Å². The molecule has 0 amide bonds. The highest BCUT2D eigenvalue weighted by atomic mass is 19.1. The topological polar surface area (TPSA) is 63.3 Å². The van der Waals surface area contributed by atoms with Crippen molar-refractivity contribution in [3.05, 3.63) is 34.6 Å². The SMILES string of the molecule is Cc1c(F)ccc([C@@H](C)[C@H](N)C(=O)O)c1C. The molecule has 0 aromatic heterocycles. The molecule has 1 aromatic rings. The fourth-order valence-electron chi connectivity index (χ4n) is 1.71. The van der Waals surface area contributed by atoms with Crippen molar-refractivity contribution >= 4 is 5.97 Å². The molecule has 4 heteroatoms. The van der Waals surface area contributed by atoms with Gasteiger partial charge in [-0.1, -0.05) is 13.0 Å². The Bertz CT molecular complexity index is 418. The largest absolute Gasteiger partial charge is 0.480 e. The van der Waals surface area contributed by atoms with Gasteiger partial charge in [0.2, 0.25) is 0 Å². The molecule has 0 bridgehead atoms. The van der Waals surface area contributed by atoms with Crippen molar-refractivity contribution in [3.8, 4) is 0 Å². The van der Waals surface area contributed by atoms with Crippen molar-refractivity contribution in [2.24, 2.45) is 5.73 Å². The predicted octanol–water partition coefficient (Wildman–Crippen LogP) is 1.96. The molecule has 3 nitrogen and oxygen atoms in total. The van der Waals surface area contributed by atoms with Gasteiger partial charge in [0.15, 0.2) is 0 Å². The van der Waals surface area contributed by atoms with Crippen LogP contribution in [0, 0.1) is 19.7 Å². The van der Waals surface area contributed by atoms with Crippen molar-refractivity contribution in [2.75, 3.05) is 0 Å². The molecular formula is C12H16FNO2. The molecule has 1 rings (SSSR count). The first-order valence-electron chi connectivity index (χ1n) is 5.10. The molecule has 0 spiro atoms. The Morgan fingerprint density at radius 1 is 1.38 bits per heavy atom. The Morgan fingerprint density at radius 3 is 2.44 bits per heavy atom. The summed E-state index contributed by atoms with van der Waals surface area (Å²) >= 11 is 0. The van der Waals surface area contributed by atoms with Crippen LogP contribution in [0.1, 0.15) is 29.5 Å². The minimum atomic E-state index is -1.05. The molecule has 0 aliphatic heterocycles. The molecule has 88 valence electrons. The van der Waals surface area contributed by atoms with Crippen molar-refractivity contribution in [2.45, 2.75) is 32.7 Å². The van der Waals surface area contributed by atoms with Crippen LogP contribution in [0.2, 0.25) is 0 Å². The third-order valence-electron chi connectivity index (χ3n) is 3.08. The zero-order chi connectivity index (χ0) is 12.5. The Balaban J connectivity index is 3.14. The van der Waals surface area contributed by atoms with E-state index in [-0.39, 0.29) is 11.7 Å². The van der Waals surface area contributed by atoms with Gasteiger partial charge in [0, 0.05) is 5.92 Å². The van der Waals surface area contributed by atoms with Crippen LogP contribution in [0.3, 0.4) is 0 Å². The first-order valence-corrected chi connectivity index (χ1v) is 5.10. The number of benzene rings is 1. The molecule has 2 atom stereocenters. The summed E-state index contributed by atoms with van der Waals surface area (Å²) in [6.45, 7) is 5.18. The van der Waals surface area contributed by atoms with Gasteiger partial charge in [-0.3, -0.25) is 4.79 Å². The number of nitrogens with two attached hydrogens (primary N) is 1. The summed E-state index contributed by atoms with van der Waals surface area (Å²) in [4.78, 5) is 10.8. The van der Waals surface area contributed by atoms with Gasteiger partial charge >= 0.3 is 5.97 Å². The van der Waals surface area contributed by atoms with Crippen molar-refractivity contribution in [1.29, 1.82) is 0 Å². The first-order chi connectivity index (χ1) is 7.36. The Morgan fingerprint density at radius 2 is 1.94 bits per heavy atom. The minimum absolute atomic E-state index is 0.280. The molecule has 0 heterocycles. The highest BCUT2D eigenvalue weighted by molar-refractivity contribution is 5.74. The van der Waals surface area contributed by atoms with Crippen LogP contribution in [-0.2, 0) is 4.79 Å². The smallest absolute Gasteiger partial charge is 0.321 e. The summed E-state index contributed by atoms with van der Waals surface area (Å²) in [5, 5.41) is 8.83. The quantitative estimate of drug-likeness (QED) is 0.826. The van der Waals surface area contributed by atoms with Crippen molar-refractivity contribution in [3.63, 3.8) is 0 Å². The van der Waals surface area contributed by atoms with E-state index in [1.807, 2.05) is 0 Å². The van der Waals surface area contributed by atoms with E-state index >= 15 is 0 Å². The molecule has 0 aliphatic carbocycles. The van der Waals surface area contributed by atoms with Crippen LogP contribution in [0.4, 0.5) is 4.39 Å². The van der Waals surface area contributed by atoms with Crippen LogP contribution in [0.15, 0.2) is 12.1 Å². The maximum absolute atomic E-state index is 13.2. The molecule has 16 heavy (non-hydrogen) atoms. The number of hydrogen-bond acceptors (Lipinski definition) is 2. The summed E-state index contributed by atoms with van der Waals surface area (Å²) < 4.78 is 13.2. The number of carbonyl (C=O) groups is 1. The number of halogens is 1. The minimum Gasteiger partial charge on any atom is -0.480 e. The van der Waals surface area contributed by atoms with Gasteiger partial charge < -0.3 is 10.8 Å². The molecule has 3 N–H and O–H groups in total. The lowest BCUT2D eigenvalue weighted by molar-refractivity contribution is -0.139. The predicted molar refractivity (Wildman–Crippen MR) is 59.9 cm³/mol. The zero-order valence-electron chi connectivity index (χ0n) is 9.62. The van der Waals surface area contributed by atoms with Gasteiger partial charge in [0.1, 0.15) is 11.9 Å². The zero-order valence-corrected chi connectivity index (χ0v) is 9.62. The molecule has 0 saturated carbocycles. The first kappa shape index (κ1) is 12.6. The van der Waals surface area contributed by atoms with Crippen LogP contribution in [0.25, 0.3) is 0 Å². The highest BCUT2D eigenvalue weighted by Crippen LogP contribution is 2.25. The number of hydrogen-bond donors (Lipinski definition) is 2. The second kappa shape index (κ2) is 4.61. The van der Waals surface area contributed by atoms with E-state index < -0.39 is 12.0 Å². The summed E-state index contributed by atoms with van der Waals surface area (Å²) in [6, 6.07) is 1.98. The lowest BCUT2D eigenvalue weighted by Crippen LogP contribution is -2.35. The van der Waals surface area contributed by atoms with Crippen LogP contribution in [0.5, 0.6) is 0 Å².